The van der Waals surface area contributed by atoms with Gasteiger partial charge in [0.2, 0.25) is 0 Å². The number of halogens is 5. The van der Waals surface area contributed by atoms with Crippen molar-refractivity contribution < 1.29 is 22.3 Å². The summed E-state index contributed by atoms with van der Waals surface area (Å²) >= 11 is 5.67. The van der Waals surface area contributed by atoms with Gasteiger partial charge in [0.1, 0.15) is 5.75 Å². The first-order valence-electron chi connectivity index (χ1n) is 5.58. The fourth-order valence-corrected chi connectivity index (χ4v) is 1.86. The van der Waals surface area contributed by atoms with Gasteiger partial charge in [-0.25, -0.2) is 4.39 Å². The molecule has 0 atom stereocenters. The zero-order valence-electron chi connectivity index (χ0n) is 10.3. The van der Waals surface area contributed by atoms with Gasteiger partial charge in [-0.1, -0.05) is 23.7 Å². The molecule has 0 heterocycles. The quantitative estimate of drug-likeness (QED) is 0.656. The van der Waals surface area contributed by atoms with Crippen molar-refractivity contribution in [2.45, 2.75) is 13.1 Å². The van der Waals surface area contributed by atoms with Crippen LogP contribution in [0.1, 0.15) is 11.1 Å². The monoisotopic (exact) mass is 304 g/mol. The molecule has 0 unspecified atom stereocenters. The number of rotatable bonds is 2. The second kappa shape index (κ2) is 5.32. The van der Waals surface area contributed by atoms with Gasteiger partial charge in [-0.15, -0.1) is 0 Å². The van der Waals surface area contributed by atoms with E-state index in [-0.39, 0.29) is 0 Å². The van der Waals surface area contributed by atoms with Crippen molar-refractivity contribution in [1.82, 2.24) is 0 Å². The van der Waals surface area contributed by atoms with Gasteiger partial charge in [0.25, 0.3) is 0 Å². The molecular formula is C14H9ClF4O. The van der Waals surface area contributed by atoms with E-state index in [1.54, 1.807) is 31.2 Å². The van der Waals surface area contributed by atoms with E-state index < -0.39 is 28.3 Å². The Morgan fingerprint density at radius 3 is 2.35 bits per heavy atom. The van der Waals surface area contributed by atoms with Crippen LogP contribution in [0.3, 0.4) is 0 Å². The Balaban J connectivity index is 2.38. The van der Waals surface area contributed by atoms with Gasteiger partial charge >= 0.3 is 6.18 Å². The molecule has 0 aromatic heterocycles. The molecule has 0 amide bonds. The topological polar surface area (TPSA) is 9.23 Å². The van der Waals surface area contributed by atoms with Crippen molar-refractivity contribution in [2.24, 2.45) is 0 Å². The highest BCUT2D eigenvalue weighted by molar-refractivity contribution is 6.32. The third-order valence-electron chi connectivity index (χ3n) is 2.54. The van der Waals surface area contributed by atoms with Crippen molar-refractivity contribution in [1.29, 1.82) is 0 Å². The van der Waals surface area contributed by atoms with E-state index in [2.05, 4.69) is 0 Å². The number of ether oxygens (including phenoxy) is 1. The lowest BCUT2D eigenvalue weighted by atomic mass is 10.2. The normalized spacial score (nSPS) is 11.5. The molecule has 1 nitrogen and oxygen atoms in total. The van der Waals surface area contributed by atoms with E-state index in [9.17, 15) is 17.6 Å². The minimum absolute atomic E-state index is 0.297. The molecule has 0 radical (unpaired) electrons. The predicted octanol–water partition coefficient (Wildman–Crippen LogP) is 5.60. The van der Waals surface area contributed by atoms with Crippen LogP contribution in [0.2, 0.25) is 5.02 Å². The third-order valence-corrected chi connectivity index (χ3v) is 2.82. The van der Waals surface area contributed by atoms with Crippen LogP contribution in [0.4, 0.5) is 17.6 Å². The van der Waals surface area contributed by atoms with Gasteiger partial charge < -0.3 is 4.74 Å². The highest BCUT2D eigenvalue weighted by Gasteiger charge is 2.32. The van der Waals surface area contributed by atoms with Crippen molar-refractivity contribution in [3.05, 3.63) is 58.4 Å². The minimum atomic E-state index is -4.66. The van der Waals surface area contributed by atoms with Crippen molar-refractivity contribution >= 4 is 11.6 Å². The SMILES string of the molecule is Cc1cccc(Oc2c(F)cc(C(F)(F)F)cc2Cl)c1. The van der Waals surface area contributed by atoms with Crippen LogP contribution in [-0.2, 0) is 6.18 Å². The molecule has 0 fully saturated rings. The number of benzene rings is 2. The Bertz CT molecular complexity index is 614. The number of aryl methyl sites for hydroxylation is 1. The van der Waals surface area contributed by atoms with E-state index in [0.29, 0.717) is 17.9 Å². The van der Waals surface area contributed by atoms with Crippen LogP contribution >= 0.6 is 11.6 Å². The molecule has 0 aliphatic carbocycles. The van der Waals surface area contributed by atoms with E-state index >= 15 is 0 Å². The zero-order valence-corrected chi connectivity index (χ0v) is 11.0. The minimum Gasteiger partial charge on any atom is -0.453 e. The molecule has 0 aliphatic rings. The lowest BCUT2D eigenvalue weighted by Gasteiger charge is -2.12. The van der Waals surface area contributed by atoms with E-state index in [1.807, 2.05) is 0 Å². The summed E-state index contributed by atoms with van der Waals surface area (Å²) in [5.74, 6) is -1.29. The van der Waals surface area contributed by atoms with Gasteiger partial charge in [0, 0.05) is 0 Å². The molecule has 0 spiro atoms. The summed E-state index contributed by atoms with van der Waals surface area (Å²) in [5, 5.41) is -0.432. The van der Waals surface area contributed by atoms with Crippen molar-refractivity contribution in [3.8, 4) is 11.5 Å². The summed E-state index contributed by atoms with van der Waals surface area (Å²) in [4.78, 5) is 0. The first kappa shape index (κ1) is 14.7. The Hall–Kier alpha value is -1.75. The fraction of sp³-hybridized carbons (Fsp3) is 0.143. The van der Waals surface area contributed by atoms with Gasteiger partial charge in [-0.2, -0.15) is 13.2 Å². The molecular weight excluding hydrogens is 296 g/mol. The maximum atomic E-state index is 13.7. The lowest BCUT2D eigenvalue weighted by Crippen LogP contribution is -2.06. The molecule has 2 aromatic rings. The molecule has 0 saturated carbocycles. The molecule has 0 aliphatic heterocycles. The zero-order chi connectivity index (χ0) is 14.9. The van der Waals surface area contributed by atoms with Gasteiger partial charge in [0.15, 0.2) is 11.6 Å². The van der Waals surface area contributed by atoms with E-state index in [0.717, 1.165) is 5.56 Å². The number of alkyl halides is 3. The number of hydrogen-bond acceptors (Lipinski definition) is 1. The Labute approximate surface area is 117 Å². The fourth-order valence-electron chi connectivity index (χ4n) is 1.62. The molecule has 20 heavy (non-hydrogen) atoms. The second-order valence-electron chi connectivity index (χ2n) is 4.19. The maximum Gasteiger partial charge on any atom is 0.416 e. The molecule has 0 N–H and O–H groups in total. The van der Waals surface area contributed by atoms with Gasteiger partial charge in [0.05, 0.1) is 10.6 Å². The molecule has 0 saturated heterocycles. The molecule has 2 aromatic carbocycles. The van der Waals surface area contributed by atoms with Crippen molar-refractivity contribution in [3.63, 3.8) is 0 Å². The highest BCUT2D eigenvalue weighted by Crippen LogP contribution is 2.38. The molecule has 106 valence electrons. The average molecular weight is 305 g/mol. The average Bonchev–Trinajstić information content (AvgIpc) is 2.32. The van der Waals surface area contributed by atoms with Crippen molar-refractivity contribution in [2.75, 3.05) is 0 Å². The van der Waals surface area contributed by atoms with Crippen LogP contribution < -0.4 is 4.74 Å². The summed E-state index contributed by atoms with van der Waals surface area (Å²) in [6.07, 6.45) is -4.66. The molecule has 6 heteroatoms. The van der Waals surface area contributed by atoms with Gasteiger partial charge in [-0.3, -0.25) is 0 Å². The van der Waals surface area contributed by atoms with Crippen LogP contribution in [0.15, 0.2) is 36.4 Å². The highest BCUT2D eigenvalue weighted by atomic mass is 35.5. The van der Waals surface area contributed by atoms with Crippen LogP contribution in [0, 0.1) is 12.7 Å². The summed E-state index contributed by atoms with van der Waals surface area (Å²) in [6.45, 7) is 1.80. The maximum absolute atomic E-state index is 13.7. The largest absolute Gasteiger partial charge is 0.453 e. The smallest absolute Gasteiger partial charge is 0.416 e. The first-order chi connectivity index (χ1) is 9.27. The predicted molar refractivity (Wildman–Crippen MR) is 67.7 cm³/mol. The molecule has 2 rings (SSSR count). The first-order valence-corrected chi connectivity index (χ1v) is 5.96. The van der Waals surface area contributed by atoms with Crippen LogP contribution in [0.5, 0.6) is 11.5 Å². The summed E-state index contributed by atoms with van der Waals surface area (Å²) in [6, 6.07) is 7.65. The summed E-state index contributed by atoms with van der Waals surface area (Å²) in [7, 11) is 0. The Morgan fingerprint density at radius 1 is 1.10 bits per heavy atom. The Kier molecular flexibility index (Phi) is 3.90. The molecule has 0 bridgehead atoms. The lowest BCUT2D eigenvalue weighted by molar-refractivity contribution is -0.137. The third kappa shape index (κ3) is 3.22. The number of hydrogen-bond donors (Lipinski definition) is 0. The van der Waals surface area contributed by atoms with Gasteiger partial charge in [-0.05, 0) is 36.8 Å². The second-order valence-corrected chi connectivity index (χ2v) is 4.59. The van der Waals surface area contributed by atoms with Crippen LogP contribution in [-0.4, -0.2) is 0 Å². The summed E-state index contributed by atoms with van der Waals surface area (Å²) < 4.78 is 56.4. The van der Waals surface area contributed by atoms with E-state index in [1.165, 1.54) is 0 Å². The Morgan fingerprint density at radius 2 is 1.80 bits per heavy atom. The standard InChI is InChI=1S/C14H9ClF4O/c1-8-3-2-4-10(5-8)20-13-11(15)6-9(7-12(13)16)14(17,18)19/h2-7H,1H3. The van der Waals surface area contributed by atoms with E-state index in [4.69, 9.17) is 16.3 Å². The summed E-state index contributed by atoms with van der Waals surface area (Å²) in [5.41, 5.74) is -0.289. The van der Waals surface area contributed by atoms with Crippen LogP contribution in [0.25, 0.3) is 0 Å².